The number of nitrogens with zero attached hydrogens (tertiary/aromatic N) is 2. The molecule has 2 amide bonds. The van der Waals surface area contributed by atoms with Crippen molar-refractivity contribution in [3.05, 3.63) is 0 Å². The summed E-state index contributed by atoms with van der Waals surface area (Å²) < 4.78 is 4.56. The lowest BCUT2D eigenvalue weighted by atomic mass is 10.1. The average molecular weight is 272 g/mol. The normalized spacial score (nSPS) is 18.5. The van der Waals surface area contributed by atoms with Gasteiger partial charge in [0.05, 0.1) is 13.0 Å². The Balaban J connectivity index is 2.68. The zero-order valence-corrected chi connectivity index (χ0v) is 11.5. The summed E-state index contributed by atoms with van der Waals surface area (Å²) in [6, 6.07) is -0.473. The lowest BCUT2D eigenvalue weighted by Gasteiger charge is -2.30. The third kappa shape index (κ3) is 3.84. The van der Waals surface area contributed by atoms with Gasteiger partial charge in [-0.2, -0.15) is 0 Å². The Hall–Kier alpha value is -1.79. The van der Waals surface area contributed by atoms with Gasteiger partial charge < -0.3 is 19.6 Å². The number of carboxylic acid groups (broad SMARTS) is 1. The van der Waals surface area contributed by atoms with E-state index in [1.807, 2.05) is 0 Å². The van der Waals surface area contributed by atoms with Crippen molar-refractivity contribution in [3.8, 4) is 0 Å². The van der Waals surface area contributed by atoms with Gasteiger partial charge in [0.2, 0.25) is 0 Å². The third-order valence-corrected chi connectivity index (χ3v) is 3.20. The van der Waals surface area contributed by atoms with Crippen molar-refractivity contribution in [2.45, 2.75) is 26.3 Å². The molecule has 19 heavy (non-hydrogen) atoms. The summed E-state index contributed by atoms with van der Waals surface area (Å²) in [7, 11) is 1.27. The fraction of sp³-hybridized carbons (Fsp3) is 0.750. The van der Waals surface area contributed by atoms with Gasteiger partial charge in [-0.1, -0.05) is 0 Å². The number of amides is 2. The first kappa shape index (κ1) is 15.3. The number of likely N-dealkylation sites (tertiary alicyclic amines) is 1. The van der Waals surface area contributed by atoms with Gasteiger partial charge in [0.25, 0.3) is 0 Å². The highest BCUT2D eigenvalue weighted by Crippen LogP contribution is 2.18. The molecule has 7 heteroatoms. The van der Waals surface area contributed by atoms with Crippen molar-refractivity contribution in [2.75, 3.05) is 26.7 Å². The van der Waals surface area contributed by atoms with Gasteiger partial charge in [-0.05, 0) is 20.3 Å². The predicted octanol–water partition coefficient (Wildman–Crippen LogP) is 0.396. The fourth-order valence-corrected chi connectivity index (χ4v) is 1.99. The van der Waals surface area contributed by atoms with Crippen LogP contribution < -0.4 is 0 Å². The van der Waals surface area contributed by atoms with Crippen molar-refractivity contribution >= 4 is 18.0 Å². The number of carboxylic acids is 1. The predicted molar refractivity (Wildman–Crippen MR) is 66.6 cm³/mol. The minimum atomic E-state index is -0.889. The first-order valence-corrected chi connectivity index (χ1v) is 6.22. The van der Waals surface area contributed by atoms with E-state index < -0.39 is 17.9 Å². The van der Waals surface area contributed by atoms with E-state index in [-0.39, 0.29) is 25.2 Å². The highest BCUT2D eigenvalue weighted by Gasteiger charge is 2.34. The van der Waals surface area contributed by atoms with Crippen LogP contribution in [0, 0.1) is 5.92 Å². The summed E-state index contributed by atoms with van der Waals surface area (Å²) in [5, 5.41) is 8.92. The molecule has 0 aromatic carbocycles. The molecule has 7 nitrogen and oxygen atoms in total. The maximum absolute atomic E-state index is 12.3. The molecule has 0 spiro atoms. The lowest BCUT2D eigenvalue weighted by Crippen LogP contribution is -2.48. The number of carbonyl (C=O) groups excluding carboxylic acids is 2. The van der Waals surface area contributed by atoms with Crippen LogP contribution in [0.3, 0.4) is 0 Å². The quantitative estimate of drug-likeness (QED) is 0.748. The molecule has 0 bridgehead atoms. The van der Waals surface area contributed by atoms with Crippen LogP contribution in [-0.2, 0) is 14.3 Å². The molecule has 108 valence electrons. The van der Waals surface area contributed by atoms with E-state index in [1.54, 1.807) is 13.8 Å². The van der Waals surface area contributed by atoms with Crippen molar-refractivity contribution in [1.29, 1.82) is 0 Å². The first-order chi connectivity index (χ1) is 8.86. The Morgan fingerprint density at radius 3 is 2.47 bits per heavy atom. The molecule has 0 aliphatic carbocycles. The highest BCUT2D eigenvalue weighted by atomic mass is 16.5. The van der Waals surface area contributed by atoms with E-state index in [0.717, 1.165) is 0 Å². The number of esters is 1. The molecule has 1 aliphatic heterocycles. The van der Waals surface area contributed by atoms with E-state index in [0.29, 0.717) is 13.0 Å². The van der Waals surface area contributed by atoms with Crippen LogP contribution in [0.15, 0.2) is 0 Å². The van der Waals surface area contributed by atoms with Crippen LogP contribution in [0.1, 0.15) is 20.3 Å². The summed E-state index contributed by atoms with van der Waals surface area (Å²) in [5.41, 5.74) is 0. The second-order valence-electron chi connectivity index (χ2n) is 4.85. The van der Waals surface area contributed by atoms with Gasteiger partial charge in [-0.25, -0.2) is 4.79 Å². The van der Waals surface area contributed by atoms with Gasteiger partial charge in [0.15, 0.2) is 0 Å². The molecule has 1 N–H and O–H groups in total. The summed E-state index contributed by atoms with van der Waals surface area (Å²) in [6.45, 7) is 4.07. The molecule has 0 radical (unpaired) electrons. The fourth-order valence-electron chi connectivity index (χ4n) is 1.99. The first-order valence-electron chi connectivity index (χ1n) is 6.22. The second-order valence-corrected chi connectivity index (χ2v) is 4.85. The molecule has 1 saturated heterocycles. The summed E-state index contributed by atoms with van der Waals surface area (Å²) in [5.74, 6) is -1.90. The van der Waals surface area contributed by atoms with Crippen LogP contribution in [0.5, 0.6) is 0 Å². The topological polar surface area (TPSA) is 87.2 Å². The van der Waals surface area contributed by atoms with Gasteiger partial charge in [0.1, 0.15) is 6.54 Å². The molecule has 1 rings (SSSR count). The Morgan fingerprint density at radius 2 is 2.05 bits per heavy atom. The molecular weight excluding hydrogens is 252 g/mol. The molecule has 0 saturated carbocycles. The standard InChI is InChI=1S/C12H20N2O5/c1-8(2)14(7-10(15)19-3)12(18)13-5-4-9(6-13)11(16)17/h8-9H,4-7H2,1-3H3,(H,16,17). The molecule has 1 aliphatic rings. The number of ether oxygens (including phenoxy) is 1. The van der Waals surface area contributed by atoms with E-state index in [2.05, 4.69) is 4.74 Å². The largest absolute Gasteiger partial charge is 0.481 e. The third-order valence-electron chi connectivity index (χ3n) is 3.20. The summed E-state index contributed by atoms with van der Waals surface area (Å²) in [6.07, 6.45) is 0.450. The van der Waals surface area contributed by atoms with Gasteiger partial charge >= 0.3 is 18.0 Å². The minimum absolute atomic E-state index is 0.124. The number of aliphatic carboxylic acids is 1. The second kappa shape index (κ2) is 6.40. The van der Waals surface area contributed by atoms with Crippen LogP contribution in [0.2, 0.25) is 0 Å². The van der Waals surface area contributed by atoms with Crippen LogP contribution in [0.4, 0.5) is 4.79 Å². The smallest absolute Gasteiger partial charge is 0.325 e. The van der Waals surface area contributed by atoms with Crippen LogP contribution >= 0.6 is 0 Å². The number of urea groups is 1. The zero-order chi connectivity index (χ0) is 14.6. The molecule has 0 aromatic heterocycles. The zero-order valence-electron chi connectivity index (χ0n) is 11.5. The van der Waals surface area contributed by atoms with Gasteiger partial charge in [-0.3, -0.25) is 9.59 Å². The van der Waals surface area contributed by atoms with Crippen molar-refractivity contribution in [2.24, 2.45) is 5.92 Å². The highest BCUT2D eigenvalue weighted by molar-refractivity contribution is 5.82. The molecule has 0 aromatic rings. The monoisotopic (exact) mass is 272 g/mol. The van der Waals surface area contributed by atoms with Crippen LogP contribution in [-0.4, -0.2) is 65.7 Å². The van der Waals surface area contributed by atoms with E-state index >= 15 is 0 Å². The van der Waals surface area contributed by atoms with E-state index in [4.69, 9.17) is 5.11 Å². The maximum Gasteiger partial charge on any atom is 0.325 e. The SMILES string of the molecule is COC(=O)CN(C(=O)N1CCC(C(=O)O)C1)C(C)C. The van der Waals surface area contributed by atoms with Crippen molar-refractivity contribution in [1.82, 2.24) is 9.80 Å². The summed E-state index contributed by atoms with van der Waals surface area (Å²) >= 11 is 0. The van der Waals surface area contributed by atoms with Crippen molar-refractivity contribution < 1.29 is 24.2 Å². The maximum atomic E-state index is 12.3. The Labute approximate surface area is 112 Å². The van der Waals surface area contributed by atoms with Crippen LogP contribution in [0.25, 0.3) is 0 Å². The Kier molecular flexibility index (Phi) is 5.14. The number of hydrogen-bond acceptors (Lipinski definition) is 4. The average Bonchev–Trinajstić information content (AvgIpc) is 2.84. The van der Waals surface area contributed by atoms with E-state index in [1.165, 1.54) is 16.9 Å². The van der Waals surface area contributed by atoms with Gasteiger partial charge in [-0.15, -0.1) is 0 Å². The molecule has 1 heterocycles. The molecular formula is C12H20N2O5. The number of methoxy groups -OCH3 is 1. The molecule has 1 unspecified atom stereocenters. The van der Waals surface area contributed by atoms with Crippen molar-refractivity contribution in [3.63, 3.8) is 0 Å². The van der Waals surface area contributed by atoms with E-state index in [9.17, 15) is 14.4 Å². The molecule has 1 atom stereocenters. The summed E-state index contributed by atoms with van der Waals surface area (Å²) in [4.78, 5) is 37.3. The number of carbonyl (C=O) groups is 3. The lowest BCUT2D eigenvalue weighted by molar-refractivity contribution is -0.142. The Morgan fingerprint density at radius 1 is 1.42 bits per heavy atom. The number of hydrogen-bond donors (Lipinski definition) is 1. The van der Waals surface area contributed by atoms with Gasteiger partial charge in [0, 0.05) is 19.1 Å². The minimum Gasteiger partial charge on any atom is -0.481 e. The molecule has 1 fully saturated rings. The number of rotatable bonds is 4. The Bertz CT molecular complexity index is 369.